The largest absolute Gasteiger partial charge is 0.476 e. The fourth-order valence-electron chi connectivity index (χ4n) is 5.43. The van der Waals surface area contributed by atoms with Gasteiger partial charge in [0.2, 0.25) is 5.88 Å². The summed E-state index contributed by atoms with van der Waals surface area (Å²) in [7, 11) is 1.92. The Hall–Kier alpha value is -1.95. The molecular formula is C23H35N5O. The van der Waals surface area contributed by atoms with Crippen LogP contribution in [-0.2, 0) is 7.05 Å². The number of fused-ring (bicyclic) bond motifs is 1. The Morgan fingerprint density at radius 2 is 1.93 bits per heavy atom. The van der Waals surface area contributed by atoms with Gasteiger partial charge < -0.3 is 9.64 Å². The van der Waals surface area contributed by atoms with Gasteiger partial charge in [-0.05, 0) is 55.9 Å². The number of aryl methyl sites for hydroxylation is 2. The molecule has 4 rings (SSSR count). The number of hydrogen-bond acceptors (Lipinski definition) is 5. The smallest absolute Gasteiger partial charge is 0.233 e. The van der Waals surface area contributed by atoms with Gasteiger partial charge in [0.05, 0.1) is 18.0 Å². The van der Waals surface area contributed by atoms with Crippen molar-refractivity contribution in [2.45, 2.75) is 46.5 Å². The van der Waals surface area contributed by atoms with Crippen molar-refractivity contribution in [3.8, 4) is 17.1 Å². The molecule has 2 fully saturated rings. The summed E-state index contributed by atoms with van der Waals surface area (Å²) in [4.78, 5) is 2.71. The lowest BCUT2D eigenvalue weighted by Gasteiger charge is -2.22. The highest BCUT2D eigenvalue weighted by molar-refractivity contribution is 5.60. The maximum Gasteiger partial charge on any atom is 0.233 e. The molecule has 2 aliphatic rings. The minimum atomic E-state index is 0.627. The first-order valence-electron chi connectivity index (χ1n) is 11.2. The minimum absolute atomic E-state index is 0.627. The SMILES string of the molecule is CCCC(C)CN1C[C@H]2CC(COc3ccc(-c4cn(C)nc4C)nn3)C[C@H]2C1. The zero-order valence-electron chi connectivity index (χ0n) is 18.3. The number of aromatic nitrogens is 4. The Labute approximate surface area is 174 Å². The van der Waals surface area contributed by atoms with Gasteiger partial charge in [0.25, 0.3) is 0 Å². The number of likely N-dealkylation sites (tertiary alicyclic amines) is 1. The van der Waals surface area contributed by atoms with Crippen molar-refractivity contribution in [1.82, 2.24) is 24.9 Å². The molecule has 3 heterocycles. The molecule has 2 unspecified atom stereocenters. The maximum absolute atomic E-state index is 6.00. The summed E-state index contributed by atoms with van der Waals surface area (Å²) < 4.78 is 7.80. The molecule has 1 saturated carbocycles. The van der Waals surface area contributed by atoms with Crippen LogP contribution < -0.4 is 4.74 Å². The van der Waals surface area contributed by atoms with E-state index < -0.39 is 0 Å². The summed E-state index contributed by atoms with van der Waals surface area (Å²) in [6.45, 7) is 11.3. The van der Waals surface area contributed by atoms with Crippen LogP contribution in [0.4, 0.5) is 0 Å². The highest BCUT2D eigenvalue weighted by atomic mass is 16.5. The molecule has 2 aromatic heterocycles. The summed E-state index contributed by atoms with van der Waals surface area (Å²) in [5.41, 5.74) is 2.83. The van der Waals surface area contributed by atoms with E-state index in [-0.39, 0.29) is 0 Å². The molecule has 0 radical (unpaired) electrons. The van der Waals surface area contributed by atoms with Gasteiger partial charge in [-0.2, -0.15) is 5.10 Å². The second kappa shape index (κ2) is 8.82. The van der Waals surface area contributed by atoms with E-state index in [1.807, 2.05) is 32.3 Å². The molecule has 6 nitrogen and oxygen atoms in total. The lowest BCUT2D eigenvalue weighted by Crippen LogP contribution is -2.28. The number of rotatable bonds is 8. The van der Waals surface area contributed by atoms with Crippen molar-refractivity contribution >= 4 is 0 Å². The highest BCUT2D eigenvalue weighted by Crippen LogP contribution is 2.41. The normalized spacial score (nSPS) is 25.3. The zero-order valence-corrected chi connectivity index (χ0v) is 18.3. The standard InChI is InChI=1S/C23H35N5O/c1-5-6-16(2)11-28-12-19-9-18(10-20(19)13-28)15-29-23-8-7-22(24-25-23)21-14-27(4)26-17(21)3/h7-8,14,16,18-20H,5-6,9-13,15H2,1-4H3/t16?,18?,19-,20+. The molecule has 29 heavy (non-hydrogen) atoms. The Morgan fingerprint density at radius 3 is 2.52 bits per heavy atom. The van der Waals surface area contributed by atoms with Crippen molar-refractivity contribution in [3.05, 3.63) is 24.0 Å². The van der Waals surface area contributed by atoms with Crippen LogP contribution in [0.3, 0.4) is 0 Å². The number of ether oxygens (including phenoxy) is 1. The monoisotopic (exact) mass is 397 g/mol. The van der Waals surface area contributed by atoms with Crippen LogP contribution in [0.25, 0.3) is 11.3 Å². The molecule has 0 bridgehead atoms. The number of hydrogen-bond donors (Lipinski definition) is 0. The van der Waals surface area contributed by atoms with Crippen LogP contribution >= 0.6 is 0 Å². The summed E-state index contributed by atoms with van der Waals surface area (Å²) in [6.07, 6.45) is 7.21. The van der Waals surface area contributed by atoms with E-state index in [9.17, 15) is 0 Å². The Kier molecular flexibility index (Phi) is 6.18. The summed E-state index contributed by atoms with van der Waals surface area (Å²) in [5.74, 6) is 3.83. The third kappa shape index (κ3) is 4.80. The van der Waals surface area contributed by atoms with Crippen LogP contribution in [0.2, 0.25) is 0 Å². The van der Waals surface area contributed by atoms with Gasteiger partial charge in [-0.3, -0.25) is 4.68 Å². The molecule has 1 aliphatic carbocycles. The van der Waals surface area contributed by atoms with Gasteiger partial charge in [0.1, 0.15) is 0 Å². The molecular weight excluding hydrogens is 362 g/mol. The van der Waals surface area contributed by atoms with Crippen LogP contribution in [0.5, 0.6) is 5.88 Å². The van der Waals surface area contributed by atoms with E-state index in [4.69, 9.17) is 4.74 Å². The molecule has 0 aromatic carbocycles. The molecule has 2 aromatic rings. The Morgan fingerprint density at radius 1 is 1.17 bits per heavy atom. The second-order valence-corrected chi connectivity index (χ2v) is 9.34. The Bertz CT molecular complexity index is 788. The van der Waals surface area contributed by atoms with Crippen molar-refractivity contribution in [2.24, 2.45) is 30.7 Å². The first-order chi connectivity index (χ1) is 14.0. The van der Waals surface area contributed by atoms with Gasteiger partial charge in [-0.15, -0.1) is 10.2 Å². The lowest BCUT2D eigenvalue weighted by atomic mass is 10.0. The van der Waals surface area contributed by atoms with Gasteiger partial charge in [-0.25, -0.2) is 0 Å². The average Bonchev–Trinajstić information content (AvgIpc) is 3.33. The van der Waals surface area contributed by atoms with E-state index in [0.29, 0.717) is 11.8 Å². The third-order valence-corrected chi connectivity index (χ3v) is 6.67. The molecule has 1 saturated heterocycles. The predicted octanol–water partition coefficient (Wildman–Crippen LogP) is 3.96. The van der Waals surface area contributed by atoms with Gasteiger partial charge in [0, 0.05) is 44.5 Å². The topological polar surface area (TPSA) is 56.1 Å². The summed E-state index contributed by atoms with van der Waals surface area (Å²) >= 11 is 0. The van der Waals surface area contributed by atoms with Crippen LogP contribution in [0.1, 0.15) is 45.2 Å². The van der Waals surface area contributed by atoms with Gasteiger partial charge >= 0.3 is 0 Å². The molecule has 0 amide bonds. The quantitative estimate of drug-likeness (QED) is 0.675. The zero-order chi connectivity index (χ0) is 20.4. The summed E-state index contributed by atoms with van der Waals surface area (Å²) in [5, 5.41) is 13.0. The maximum atomic E-state index is 6.00. The predicted molar refractivity (Wildman–Crippen MR) is 115 cm³/mol. The molecule has 158 valence electrons. The van der Waals surface area contributed by atoms with Crippen LogP contribution in [0.15, 0.2) is 18.3 Å². The van der Waals surface area contributed by atoms with E-state index >= 15 is 0 Å². The van der Waals surface area contributed by atoms with Crippen molar-refractivity contribution in [1.29, 1.82) is 0 Å². The van der Waals surface area contributed by atoms with E-state index in [2.05, 4.69) is 34.0 Å². The molecule has 0 N–H and O–H groups in total. The lowest BCUT2D eigenvalue weighted by molar-refractivity contribution is 0.212. The minimum Gasteiger partial charge on any atom is -0.476 e. The fourth-order valence-corrected chi connectivity index (χ4v) is 5.43. The molecule has 6 heteroatoms. The number of nitrogens with zero attached hydrogens (tertiary/aromatic N) is 5. The Balaban J connectivity index is 1.24. The fraction of sp³-hybridized carbons (Fsp3) is 0.696. The van der Waals surface area contributed by atoms with E-state index in [0.717, 1.165) is 41.3 Å². The third-order valence-electron chi connectivity index (χ3n) is 6.67. The van der Waals surface area contributed by atoms with Gasteiger partial charge in [0.15, 0.2) is 0 Å². The van der Waals surface area contributed by atoms with Crippen LogP contribution in [-0.4, -0.2) is 51.1 Å². The first kappa shape index (κ1) is 20.3. The van der Waals surface area contributed by atoms with Gasteiger partial charge in [-0.1, -0.05) is 20.3 Å². The molecule has 0 spiro atoms. The first-order valence-corrected chi connectivity index (χ1v) is 11.2. The van der Waals surface area contributed by atoms with E-state index in [1.165, 1.54) is 45.3 Å². The average molecular weight is 398 g/mol. The van der Waals surface area contributed by atoms with E-state index in [1.54, 1.807) is 4.68 Å². The van der Waals surface area contributed by atoms with Crippen molar-refractivity contribution < 1.29 is 4.74 Å². The van der Waals surface area contributed by atoms with Crippen LogP contribution in [0, 0.1) is 30.6 Å². The second-order valence-electron chi connectivity index (χ2n) is 9.34. The summed E-state index contributed by atoms with van der Waals surface area (Å²) in [6, 6.07) is 3.91. The van der Waals surface area contributed by atoms with Crippen molar-refractivity contribution in [2.75, 3.05) is 26.2 Å². The molecule has 1 aliphatic heterocycles. The highest BCUT2D eigenvalue weighted by Gasteiger charge is 2.41. The van der Waals surface area contributed by atoms with Crippen molar-refractivity contribution in [3.63, 3.8) is 0 Å². The molecule has 4 atom stereocenters.